The molecule has 20 heavy (non-hydrogen) atoms. The van der Waals surface area contributed by atoms with Crippen LogP contribution in [0.3, 0.4) is 0 Å². The molecule has 102 valence electrons. The van der Waals surface area contributed by atoms with Crippen LogP contribution in [0.1, 0.15) is 4.88 Å². The fourth-order valence-electron chi connectivity index (χ4n) is 1.50. The Labute approximate surface area is 137 Å². The molecule has 0 amide bonds. The Morgan fingerprint density at radius 3 is 2.05 bits per heavy atom. The summed E-state index contributed by atoms with van der Waals surface area (Å²) < 4.78 is 0. The van der Waals surface area contributed by atoms with E-state index in [9.17, 15) is 4.79 Å². The first-order valence-corrected chi connectivity index (χ1v) is 6.88. The van der Waals surface area contributed by atoms with E-state index < -0.39 is 0 Å². The van der Waals surface area contributed by atoms with Crippen LogP contribution in [0.25, 0.3) is 6.08 Å². The fraction of sp³-hybridized carbons (Fsp3) is 0. The van der Waals surface area contributed by atoms with E-state index in [0.29, 0.717) is 0 Å². The molecule has 0 atom stereocenters. The van der Waals surface area contributed by atoms with Crippen molar-refractivity contribution in [2.75, 3.05) is 0 Å². The molecule has 2 aliphatic carbocycles. The maximum atomic E-state index is 11.5. The van der Waals surface area contributed by atoms with Gasteiger partial charge in [0, 0.05) is 21.9 Å². The molecule has 10 radical (unpaired) electrons. The maximum absolute atomic E-state index is 11.5. The van der Waals surface area contributed by atoms with Crippen molar-refractivity contribution in [1.29, 1.82) is 0 Å². The van der Waals surface area contributed by atoms with Crippen molar-refractivity contribution < 1.29 is 21.9 Å². The summed E-state index contributed by atoms with van der Waals surface area (Å²) in [5.41, 5.74) is 0. The molecule has 0 spiro atoms. The summed E-state index contributed by atoms with van der Waals surface area (Å²) in [6.45, 7) is 0. The molecule has 0 bridgehead atoms. The molecule has 1 nitrogen and oxygen atoms in total. The molecular weight excluding hydrogens is 308 g/mol. The largest absolute Gasteiger partial charge is 0.294 e. The predicted molar refractivity (Wildman–Crippen MR) is 80.3 cm³/mol. The van der Waals surface area contributed by atoms with E-state index in [2.05, 4.69) is 0 Å². The molecule has 3 heteroatoms. The van der Waals surface area contributed by atoms with E-state index in [-0.39, 0.29) is 22.9 Å². The predicted octanol–water partition coefficient (Wildman–Crippen LogP) is 3.75. The van der Waals surface area contributed by atoms with Crippen molar-refractivity contribution in [3.8, 4) is 0 Å². The Balaban J connectivity index is 0.000000283. The second-order valence-corrected chi connectivity index (χ2v) is 4.83. The molecule has 2 saturated carbocycles. The molecular formula is C17H14FeOS. The first kappa shape index (κ1) is 17.7. The number of rotatable bonds is 3. The number of thiophene rings is 1. The monoisotopic (exact) mass is 322 g/mol. The topological polar surface area (TPSA) is 17.1 Å². The van der Waals surface area contributed by atoms with Gasteiger partial charge in [-0.2, -0.15) is 0 Å². The number of hydrogen-bond acceptors (Lipinski definition) is 2. The fourth-order valence-corrected chi connectivity index (χ4v) is 2.12. The summed E-state index contributed by atoms with van der Waals surface area (Å²) in [5, 5.41) is 1.99. The molecule has 1 aromatic heterocycles. The van der Waals surface area contributed by atoms with Crippen LogP contribution in [0, 0.1) is 63.7 Å². The molecule has 0 aromatic carbocycles. The average molecular weight is 322 g/mol. The Hall–Kier alpha value is -0.371. The first-order chi connectivity index (χ1) is 9.36. The zero-order chi connectivity index (χ0) is 13.3. The summed E-state index contributed by atoms with van der Waals surface area (Å²) in [4.78, 5) is 12.6. The number of allylic oxidation sites excluding steroid dienone is 1. The van der Waals surface area contributed by atoms with Gasteiger partial charge in [-0.05, 0) is 81.4 Å². The van der Waals surface area contributed by atoms with Crippen molar-refractivity contribution in [3.05, 3.63) is 92.2 Å². The molecule has 1 aromatic rings. The third-order valence-corrected chi connectivity index (χ3v) is 3.28. The van der Waals surface area contributed by atoms with Gasteiger partial charge >= 0.3 is 0 Å². The number of hydrogen-bond donors (Lipinski definition) is 0. The van der Waals surface area contributed by atoms with E-state index in [4.69, 9.17) is 0 Å². The SMILES string of the molecule is O=C(/C=C/c1cccs1)[C]1[CH][CH][CH][CH]1.[CH]1[CH][CH][CH][CH]1.[Fe]. The van der Waals surface area contributed by atoms with E-state index in [1.165, 1.54) is 0 Å². The molecule has 0 saturated heterocycles. The Morgan fingerprint density at radius 2 is 1.55 bits per heavy atom. The van der Waals surface area contributed by atoms with Gasteiger partial charge in [-0.3, -0.25) is 4.79 Å². The summed E-state index contributed by atoms with van der Waals surface area (Å²) in [7, 11) is 0. The third-order valence-electron chi connectivity index (χ3n) is 2.44. The first-order valence-electron chi connectivity index (χ1n) is 6.00. The molecule has 2 aliphatic rings. The minimum absolute atomic E-state index is 0. The third kappa shape index (κ3) is 6.39. The molecule has 3 rings (SSSR count). The van der Waals surface area contributed by atoms with Crippen molar-refractivity contribution >= 4 is 23.2 Å². The van der Waals surface area contributed by atoms with E-state index in [1.54, 1.807) is 17.4 Å². The number of carbonyl (C=O) groups excluding carboxylic acids is 1. The van der Waals surface area contributed by atoms with Crippen molar-refractivity contribution in [1.82, 2.24) is 0 Å². The van der Waals surface area contributed by atoms with Crippen LogP contribution in [-0.4, -0.2) is 5.78 Å². The van der Waals surface area contributed by atoms with Crippen LogP contribution in [0.5, 0.6) is 0 Å². The average Bonchev–Trinajstić information content (AvgIpc) is 3.21. The zero-order valence-corrected chi connectivity index (χ0v) is 12.7. The Kier molecular flexibility index (Phi) is 9.17. The van der Waals surface area contributed by atoms with Gasteiger partial charge in [0.2, 0.25) is 0 Å². The Bertz CT molecular complexity index is 380. The van der Waals surface area contributed by atoms with Gasteiger partial charge in [0.15, 0.2) is 5.78 Å². The maximum Gasteiger partial charge on any atom is 0.163 e. The molecule has 0 N–H and O–H groups in total. The molecule has 1 heterocycles. The number of carbonyl (C=O) groups is 1. The summed E-state index contributed by atoms with van der Waals surface area (Å²) in [6, 6.07) is 3.96. The van der Waals surface area contributed by atoms with Crippen molar-refractivity contribution in [2.24, 2.45) is 0 Å². The Morgan fingerprint density at radius 1 is 0.950 bits per heavy atom. The van der Waals surface area contributed by atoms with Crippen LogP contribution < -0.4 is 0 Å². The molecule has 0 aliphatic heterocycles. The van der Waals surface area contributed by atoms with Crippen LogP contribution >= 0.6 is 11.3 Å². The smallest absolute Gasteiger partial charge is 0.163 e. The van der Waals surface area contributed by atoms with Crippen LogP contribution in [-0.2, 0) is 21.9 Å². The van der Waals surface area contributed by atoms with Gasteiger partial charge in [0.25, 0.3) is 0 Å². The number of ketones is 1. The van der Waals surface area contributed by atoms with Gasteiger partial charge in [0.05, 0.1) is 5.92 Å². The minimum Gasteiger partial charge on any atom is -0.294 e. The van der Waals surface area contributed by atoms with Crippen LogP contribution in [0.4, 0.5) is 0 Å². The summed E-state index contributed by atoms with van der Waals surface area (Å²) in [6.07, 6.45) is 20.8. The minimum atomic E-state index is 0. The van der Waals surface area contributed by atoms with E-state index >= 15 is 0 Å². The molecule has 2 fully saturated rings. The van der Waals surface area contributed by atoms with Crippen LogP contribution in [0.15, 0.2) is 23.6 Å². The van der Waals surface area contributed by atoms with E-state index in [1.807, 2.05) is 81.4 Å². The standard InChI is InChI=1S/C12H9OS.C5H5.Fe/c13-12(10-4-1-2-5-10)8-7-11-6-3-9-14-11;1-2-4-5-3-1;/h1-9H;1-5H;/b8-7+;;. The quantitative estimate of drug-likeness (QED) is 0.612. The van der Waals surface area contributed by atoms with Gasteiger partial charge in [-0.25, -0.2) is 0 Å². The normalized spacial score (nSPS) is 18.6. The van der Waals surface area contributed by atoms with Gasteiger partial charge in [-0.15, -0.1) is 11.3 Å². The summed E-state index contributed by atoms with van der Waals surface area (Å²) >= 11 is 1.62. The van der Waals surface area contributed by atoms with Gasteiger partial charge < -0.3 is 0 Å². The molecule has 0 unspecified atom stereocenters. The second-order valence-electron chi connectivity index (χ2n) is 3.85. The second kappa shape index (κ2) is 10.4. The van der Waals surface area contributed by atoms with Gasteiger partial charge in [-0.1, -0.05) is 6.07 Å². The van der Waals surface area contributed by atoms with Crippen LogP contribution in [0.2, 0.25) is 0 Å². The van der Waals surface area contributed by atoms with Crippen molar-refractivity contribution in [3.63, 3.8) is 0 Å². The zero-order valence-electron chi connectivity index (χ0n) is 10.8. The van der Waals surface area contributed by atoms with Crippen molar-refractivity contribution in [2.45, 2.75) is 0 Å². The summed E-state index contributed by atoms with van der Waals surface area (Å²) in [5.74, 6) is 0.807. The van der Waals surface area contributed by atoms with Gasteiger partial charge in [0.1, 0.15) is 0 Å². The van der Waals surface area contributed by atoms with E-state index in [0.717, 1.165) is 10.8 Å².